The molecule has 112 valence electrons. The second-order valence-electron chi connectivity index (χ2n) is 5.34. The lowest BCUT2D eigenvalue weighted by Gasteiger charge is -2.27. The van der Waals surface area contributed by atoms with Crippen LogP contribution in [0.15, 0.2) is 0 Å². The van der Waals surface area contributed by atoms with Crippen LogP contribution in [0.25, 0.3) is 0 Å². The second-order valence-corrected chi connectivity index (χ2v) is 5.34. The molecule has 0 aliphatic carbocycles. The van der Waals surface area contributed by atoms with Gasteiger partial charge in [-0.2, -0.15) is 15.0 Å². The van der Waals surface area contributed by atoms with Crippen LogP contribution in [0.1, 0.15) is 12.8 Å². The molecule has 1 saturated heterocycles. The fourth-order valence-electron chi connectivity index (χ4n) is 2.23. The molecule has 7 heteroatoms. The van der Waals surface area contributed by atoms with Crippen molar-refractivity contribution in [3.8, 4) is 0 Å². The summed E-state index contributed by atoms with van der Waals surface area (Å²) in [7, 11) is 7.70. The van der Waals surface area contributed by atoms with Crippen molar-refractivity contribution in [2.75, 3.05) is 63.1 Å². The van der Waals surface area contributed by atoms with E-state index < -0.39 is 0 Å². The lowest BCUT2D eigenvalue weighted by Crippen LogP contribution is -2.31. The molecule has 1 aromatic heterocycles. The summed E-state index contributed by atoms with van der Waals surface area (Å²) < 4.78 is 5.40. The molecular formula is C13H24N6O. The predicted molar refractivity (Wildman–Crippen MR) is 80.5 cm³/mol. The van der Waals surface area contributed by atoms with E-state index in [4.69, 9.17) is 4.74 Å². The number of nitrogens with zero attached hydrogens (tertiary/aromatic N) is 5. The standard InChI is InChI=1S/C13H24N6O/c1-14-11-15-12(18(2)3)17-13(16-11)19(4)9-10-5-7-20-8-6-10/h10H,5-9H2,1-4H3,(H,14,15,16,17). The minimum absolute atomic E-state index is 0.595. The SMILES string of the molecule is CNc1nc(N(C)C)nc(N(C)CC2CCOCC2)n1. The van der Waals surface area contributed by atoms with E-state index in [2.05, 4.69) is 25.2 Å². The molecule has 20 heavy (non-hydrogen) atoms. The van der Waals surface area contributed by atoms with Crippen LogP contribution in [0.2, 0.25) is 0 Å². The van der Waals surface area contributed by atoms with Gasteiger partial charge in [-0.15, -0.1) is 0 Å². The Hall–Kier alpha value is -1.63. The average molecular weight is 280 g/mol. The van der Waals surface area contributed by atoms with Crippen LogP contribution in [0.3, 0.4) is 0 Å². The summed E-state index contributed by atoms with van der Waals surface area (Å²) in [5.41, 5.74) is 0. The summed E-state index contributed by atoms with van der Waals surface area (Å²) in [6, 6.07) is 0. The smallest absolute Gasteiger partial charge is 0.231 e. The highest BCUT2D eigenvalue weighted by molar-refractivity contribution is 5.43. The highest BCUT2D eigenvalue weighted by atomic mass is 16.5. The fourth-order valence-corrected chi connectivity index (χ4v) is 2.23. The largest absolute Gasteiger partial charge is 0.381 e. The van der Waals surface area contributed by atoms with Crippen molar-refractivity contribution < 1.29 is 4.74 Å². The van der Waals surface area contributed by atoms with E-state index in [0.717, 1.165) is 32.6 Å². The number of rotatable bonds is 5. The van der Waals surface area contributed by atoms with Crippen LogP contribution in [0, 0.1) is 5.92 Å². The topological polar surface area (TPSA) is 66.4 Å². The van der Waals surface area contributed by atoms with Crippen molar-refractivity contribution >= 4 is 17.8 Å². The van der Waals surface area contributed by atoms with E-state index in [0.29, 0.717) is 23.8 Å². The summed E-state index contributed by atoms with van der Waals surface area (Å²) in [6.45, 7) is 2.67. The Morgan fingerprint density at radius 1 is 1.10 bits per heavy atom. The van der Waals surface area contributed by atoms with Gasteiger partial charge >= 0.3 is 0 Å². The predicted octanol–water partition coefficient (Wildman–Crippen LogP) is 0.842. The normalized spacial score (nSPS) is 16.0. The molecule has 0 saturated carbocycles. The highest BCUT2D eigenvalue weighted by Crippen LogP contribution is 2.19. The lowest BCUT2D eigenvalue weighted by molar-refractivity contribution is 0.0684. The van der Waals surface area contributed by atoms with E-state index >= 15 is 0 Å². The molecular weight excluding hydrogens is 256 g/mol. The maximum absolute atomic E-state index is 5.40. The molecule has 1 aromatic rings. The summed E-state index contributed by atoms with van der Waals surface area (Å²) in [5.74, 6) is 2.61. The van der Waals surface area contributed by atoms with Gasteiger partial charge in [0.2, 0.25) is 17.8 Å². The van der Waals surface area contributed by atoms with E-state index in [1.165, 1.54) is 0 Å². The molecule has 2 rings (SSSR count). The first-order valence-electron chi connectivity index (χ1n) is 7.00. The summed E-state index contributed by atoms with van der Waals surface area (Å²) >= 11 is 0. The van der Waals surface area contributed by atoms with Crippen LogP contribution in [0.5, 0.6) is 0 Å². The maximum atomic E-state index is 5.40. The van der Waals surface area contributed by atoms with Gasteiger partial charge in [-0.25, -0.2) is 0 Å². The van der Waals surface area contributed by atoms with Gasteiger partial charge in [-0.3, -0.25) is 0 Å². The van der Waals surface area contributed by atoms with Crippen LogP contribution in [-0.4, -0.2) is 62.9 Å². The van der Waals surface area contributed by atoms with E-state index in [9.17, 15) is 0 Å². The monoisotopic (exact) mass is 280 g/mol. The Kier molecular flexibility index (Phi) is 4.94. The summed E-state index contributed by atoms with van der Waals surface area (Å²) in [4.78, 5) is 17.3. The van der Waals surface area contributed by atoms with Gasteiger partial charge in [0.15, 0.2) is 0 Å². The Bertz CT molecular complexity index is 433. The van der Waals surface area contributed by atoms with Gasteiger partial charge in [0.1, 0.15) is 0 Å². The van der Waals surface area contributed by atoms with Gasteiger partial charge in [-0.1, -0.05) is 0 Å². The van der Waals surface area contributed by atoms with E-state index in [1.54, 1.807) is 0 Å². The van der Waals surface area contributed by atoms with E-state index in [1.807, 2.05) is 33.1 Å². The minimum atomic E-state index is 0.595. The van der Waals surface area contributed by atoms with Gasteiger partial charge in [0, 0.05) is 47.9 Å². The molecule has 7 nitrogen and oxygen atoms in total. The van der Waals surface area contributed by atoms with Gasteiger partial charge < -0.3 is 19.9 Å². The Labute approximate surface area is 120 Å². The lowest BCUT2D eigenvalue weighted by atomic mass is 10.0. The van der Waals surface area contributed by atoms with Crippen molar-refractivity contribution in [1.82, 2.24) is 15.0 Å². The van der Waals surface area contributed by atoms with Gasteiger partial charge in [-0.05, 0) is 18.8 Å². The zero-order valence-electron chi connectivity index (χ0n) is 12.8. The third kappa shape index (κ3) is 3.69. The molecule has 1 aliphatic rings. The molecule has 1 fully saturated rings. The molecule has 0 amide bonds. The first-order valence-corrected chi connectivity index (χ1v) is 7.00. The maximum Gasteiger partial charge on any atom is 0.231 e. The zero-order chi connectivity index (χ0) is 14.5. The Morgan fingerprint density at radius 2 is 1.75 bits per heavy atom. The van der Waals surface area contributed by atoms with Crippen LogP contribution < -0.4 is 15.1 Å². The van der Waals surface area contributed by atoms with Crippen molar-refractivity contribution in [3.05, 3.63) is 0 Å². The first-order chi connectivity index (χ1) is 9.60. The van der Waals surface area contributed by atoms with Crippen molar-refractivity contribution in [2.24, 2.45) is 5.92 Å². The second kappa shape index (κ2) is 6.69. The Morgan fingerprint density at radius 3 is 2.35 bits per heavy atom. The molecule has 1 aliphatic heterocycles. The third-order valence-corrected chi connectivity index (χ3v) is 3.45. The minimum Gasteiger partial charge on any atom is -0.381 e. The molecule has 1 N–H and O–H groups in total. The third-order valence-electron chi connectivity index (χ3n) is 3.45. The van der Waals surface area contributed by atoms with Crippen LogP contribution in [-0.2, 0) is 4.74 Å². The molecule has 0 bridgehead atoms. The quantitative estimate of drug-likeness (QED) is 0.857. The van der Waals surface area contributed by atoms with E-state index in [-0.39, 0.29) is 0 Å². The number of nitrogens with one attached hydrogen (secondary N) is 1. The number of hydrogen-bond donors (Lipinski definition) is 1. The zero-order valence-corrected chi connectivity index (χ0v) is 12.8. The molecule has 0 atom stereocenters. The molecule has 0 spiro atoms. The van der Waals surface area contributed by atoms with Crippen LogP contribution in [0.4, 0.5) is 17.8 Å². The number of anilines is 3. The molecule has 2 heterocycles. The molecule has 0 aromatic carbocycles. The fraction of sp³-hybridized carbons (Fsp3) is 0.769. The summed E-state index contributed by atoms with van der Waals surface area (Å²) in [6.07, 6.45) is 2.21. The summed E-state index contributed by atoms with van der Waals surface area (Å²) in [5, 5.41) is 2.99. The number of aromatic nitrogens is 3. The van der Waals surface area contributed by atoms with Crippen molar-refractivity contribution in [1.29, 1.82) is 0 Å². The van der Waals surface area contributed by atoms with Crippen LogP contribution >= 0.6 is 0 Å². The average Bonchev–Trinajstić information content (AvgIpc) is 2.47. The molecule has 0 unspecified atom stereocenters. The van der Waals surface area contributed by atoms with Gasteiger partial charge in [0.25, 0.3) is 0 Å². The highest BCUT2D eigenvalue weighted by Gasteiger charge is 2.18. The van der Waals surface area contributed by atoms with Crippen molar-refractivity contribution in [3.63, 3.8) is 0 Å². The molecule has 0 radical (unpaired) electrons. The number of ether oxygens (including phenoxy) is 1. The van der Waals surface area contributed by atoms with Crippen molar-refractivity contribution in [2.45, 2.75) is 12.8 Å². The first kappa shape index (κ1) is 14.8. The Balaban J connectivity index is 2.11. The number of hydrogen-bond acceptors (Lipinski definition) is 7. The van der Waals surface area contributed by atoms with Gasteiger partial charge in [0.05, 0.1) is 0 Å².